The predicted molar refractivity (Wildman–Crippen MR) is 86.7 cm³/mol. The lowest BCUT2D eigenvalue weighted by atomic mass is 9.77. The Bertz CT molecular complexity index is 473. The maximum absolute atomic E-state index is 6.05. The summed E-state index contributed by atoms with van der Waals surface area (Å²) in [6.45, 7) is 12.3. The van der Waals surface area contributed by atoms with Gasteiger partial charge >= 0.3 is 7.12 Å². The van der Waals surface area contributed by atoms with Gasteiger partial charge in [-0.05, 0) is 58.1 Å². The van der Waals surface area contributed by atoms with Crippen LogP contribution in [0.2, 0.25) is 0 Å². The third kappa shape index (κ3) is 3.04. The van der Waals surface area contributed by atoms with Gasteiger partial charge in [0.25, 0.3) is 0 Å². The van der Waals surface area contributed by atoms with Gasteiger partial charge in [0, 0.05) is 6.04 Å². The van der Waals surface area contributed by atoms with Crippen LogP contribution in [0.1, 0.15) is 51.8 Å². The average molecular weight is 298 g/mol. The van der Waals surface area contributed by atoms with Gasteiger partial charge in [-0.1, -0.05) is 18.2 Å². The summed E-state index contributed by atoms with van der Waals surface area (Å²) in [4.78, 5) is 0. The number of nitrogens with two attached hydrogens (primary N) is 1. The summed E-state index contributed by atoms with van der Waals surface area (Å²) >= 11 is 0. The molecule has 5 heteroatoms. The summed E-state index contributed by atoms with van der Waals surface area (Å²) in [7, 11) is -0.300. The highest BCUT2D eigenvalue weighted by molar-refractivity contribution is 6.62. The van der Waals surface area contributed by atoms with Crippen LogP contribution in [0.25, 0.3) is 0 Å². The van der Waals surface area contributed by atoms with Crippen molar-refractivity contribution in [3.05, 3.63) is 29.3 Å². The van der Waals surface area contributed by atoms with Crippen molar-refractivity contribution in [1.29, 1.82) is 0 Å². The Balaban J connectivity index is 0.00000200. The van der Waals surface area contributed by atoms with E-state index in [1.54, 1.807) is 0 Å². The number of hydrogen-bond acceptors (Lipinski definition) is 3. The predicted octanol–water partition coefficient (Wildman–Crippen LogP) is 2.74. The van der Waals surface area contributed by atoms with E-state index in [-0.39, 0.29) is 36.8 Å². The third-order valence-electron chi connectivity index (χ3n) is 4.31. The van der Waals surface area contributed by atoms with Crippen LogP contribution in [0, 0.1) is 6.92 Å². The minimum Gasteiger partial charge on any atom is -0.399 e. The quantitative estimate of drug-likeness (QED) is 0.854. The summed E-state index contributed by atoms with van der Waals surface area (Å²) in [5.41, 5.74) is 8.75. The van der Waals surface area contributed by atoms with Crippen LogP contribution in [0.15, 0.2) is 18.2 Å². The van der Waals surface area contributed by atoms with Crippen molar-refractivity contribution in [3.63, 3.8) is 0 Å². The molecule has 0 amide bonds. The van der Waals surface area contributed by atoms with E-state index >= 15 is 0 Å². The first-order valence-electron chi connectivity index (χ1n) is 6.86. The van der Waals surface area contributed by atoms with Gasteiger partial charge in [-0.2, -0.15) is 0 Å². The Morgan fingerprint density at radius 2 is 1.60 bits per heavy atom. The van der Waals surface area contributed by atoms with E-state index in [2.05, 4.69) is 46.8 Å². The van der Waals surface area contributed by atoms with Crippen LogP contribution in [-0.4, -0.2) is 18.3 Å². The molecule has 1 fully saturated rings. The number of rotatable bonds is 2. The highest BCUT2D eigenvalue weighted by Crippen LogP contribution is 2.36. The van der Waals surface area contributed by atoms with Crippen molar-refractivity contribution in [2.45, 2.75) is 58.8 Å². The summed E-state index contributed by atoms with van der Waals surface area (Å²) in [5.74, 6) is 0. The molecule has 1 unspecified atom stereocenters. The number of hydrogen-bond donors (Lipinski definition) is 1. The summed E-state index contributed by atoms with van der Waals surface area (Å²) < 4.78 is 12.1. The van der Waals surface area contributed by atoms with Gasteiger partial charge in [0.15, 0.2) is 0 Å². The van der Waals surface area contributed by atoms with Gasteiger partial charge in [-0.25, -0.2) is 0 Å². The maximum atomic E-state index is 6.05. The number of halogens is 1. The Morgan fingerprint density at radius 3 is 2.00 bits per heavy atom. The van der Waals surface area contributed by atoms with Gasteiger partial charge in [0.2, 0.25) is 0 Å². The summed E-state index contributed by atoms with van der Waals surface area (Å²) in [6.07, 6.45) is 0. The molecule has 3 nitrogen and oxygen atoms in total. The van der Waals surface area contributed by atoms with Crippen molar-refractivity contribution in [3.8, 4) is 0 Å². The van der Waals surface area contributed by atoms with Gasteiger partial charge in [-0.15, -0.1) is 12.4 Å². The second kappa shape index (κ2) is 5.68. The van der Waals surface area contributed by atoms with Gasteiger partial charge < -0.3 is 15.0 Å². The van der Waals surface area contributed by atoms with Crippen molar-refractivity contribution < 1.29 is 9.31 Å². The zero-order valence-electron chi connectivity index (χ0n) is 13.2. The number of aryl methyl sites for hydroxylation is 1. The molecule has 0 radical (unpaired) electrons. The molecule has 112 valence electrons. The van der Waals surface area contributed by atoms with Gasteiger partial charge in [-0.3, -0.25) is 0 Å². The first-order valence-corrected chi connectivity index (χ1v) is 6.86. The second-order valence-electron chi connectivity index (χ2n) is 6.49. The first-order chi connectivity index (χ1) is 8.64. The fraction of sp³-hybridized carbons (Fsp3) is 0.600. The fourth-order valence-electron chi connectivity index (χ4n) is 2.34. The lowest BCUT2D eigenvalue weighted by Crippen LogP contribution is -2.41. The molecular formula is C15H25BClNO2. The van der Waals surface area contributed by atoms with E-state index in [0.717, 1.165) is 5.46 Å². The van der Waals surface area contributed by atoms with Crippen LogP contribution in [-0.2, 0) is 9.31 Å². The van der Waals surface area contributed by atoms with E-state index in [0.29, 0.717) is 0 Å². The SMILES string of the molecule is Cc1cc(B2OC(C)(C)C(C)(C)O2)ccc1C(C)N.Cl. The largest absolute Gasteiger partial charge is 0.494 e. The average Bonchev–Trinajstić information content (AvgIpc) is 2.47. The minimum absolute atomic E-state index is 0. The van der Waals surface area contributed by atoms with Crippen LogP contribution in [0.3, 0.4) is 0 Å². The van der Waals surface area contributed by atoms with E-state index in [4.69, 9.17) is 15.0 Å². The monoisotopic (exact) mass is 297 g/mol. The molecule has 1 saturated heterocycles. The fourth-order valence-corrected chi connectivity index (χ4v) is 2.34. The Kier molecular flexibility index (Phi) is 4.97. The zero-order valence-corrected chi connectivity index (χ0v) is 14.0. The highest BCUT2D eigenvalue weighted by atomic mass is 35.5. The first kappa shape index (κ1) is 17.5. The summed E-state index contributed by atoms with van der Waals surface area (Å²) in [5, 5.41) is 0. The van der Waals surface area contributed by atoms with E-state index in [1.165, 1.54) is 11.1 Å². The van der Waals surface area contributed by atoms with Crippen LogP contribution in [0.5, 0.6) is 0 Å². The molecule has 2 N–H and O–H groups in total. The van der Waals surface area contributed by atoms with Crippen molar-refractivity contribution in [2.24, 2.45) is 5.73 Å². The molecule has 1 aliphatic rings. The molecule has 1 aromatic rings. The Hall–Kier alpha value is -0.545. The normalized spacial score (nSPS) is 21.4. The molecular weight excluding hydrogens is 272 g/mol. The molecule has 0 aromatic heterocycles. The standard InChI is InChI=1S/C15H24BNO2.ClH/c1-10-9-12(7-8-13(10)11(2)17)16-18-14(3,4)15(5,6)19-16;/h7-9,11H,17H2,1-6H3;1H. The van der Waals surface area contributed by atoms with E-state index in [9.17, 15) is 0 Å². The van der Waals surface area contributed by atoms with Crippen molar-refractivity contribution in [2.75, 3.05) is 0 Å². The molecule has 0 saturated carbocycles. The second-order valence-corrected chi connectivity index (χ2v) is 6.49. The Morgan fingerprint density at radius 1 is 1.10 bits per heavy atom. The smallest absolute Gasteiger partial charge is 0.399 e. The summed E-state index contributed by atoms with van der Waals surface area (Å²) in [6, 6.07) is 6.28. The lowest BCUT2D eigenvalue weighted by Gasteiger charge is -2.32. The molecule has 20 heavy (non-hydrogen) atoms. The topological polar surface area (TPSA) is 44.5 Å². The highest BCUT2D eigenvalue weighted by Gasteiger charge is 2.51. The molecule has 1 atom stereocenters. The van der Waals surface area contributed by atoms with Gasteiger partial charge in [0.1, 0.15) is 0 Å². The maximum Gasteiger partial charge on any atom is 0.494 e. The molecule has 0 spiro atoms. The Labute approximate surface area is 128 Å². The van der Waals surface area contributed by atoms with E-state index < -0.39 is 0 Å². The van der Waals surface area contributed by atoms with Crippen molar-refractivity contribution >= 4 is 25.0 Å². The molecule has 1 aliphatic heterocycles. The van der Waals surface area contributed by atoms with Crippen LogP contribution >= 0.6 is 12.4 Å². The molecule has 1 aromatic carbocycles. The molecule has 1 heterocycles. The zero-order chi connectivity index (χ0) is 14.4. The van der Waals surface area contributed by atoms with Gasteiger partial charge in [0.05, 0.1) is 11.2 Å². The molecule has 0 bridgehead atoms. The van der Waals surface area contributed by atoms with E-state index in [1.807, 2.05) is 13.0 Å². The molecule has 2 rings (SSSR count). The van der Waals surface area contributed by atoms with Crippen molar-refractivity contribution in [1.82, 2.24) is 0 Å². The lowest BCUT2D eigenvalue weighted by molar-refractivity contribution is 0.00578. The van der Waals surface area contributed by atoms with Crippen LogP contribution < -0.4 is 11.2 Å². The van der Waals surface area contributed by atoms with Crippen LogP contribution in [0.4, 0.5) is 0 Å². The molecule has 0 aliphatic carbocycles. The minimum atomic E-state index is -0.300. The third-order valence-corrected chi connectivity index (χ3v) is 4.31. The number of benzene rings is 1.